The van der Waals surface area contributed by atoms with Gasteiger partial charge in [0.05, 0.1) is 5.92 Å². The van der Waals surface area contributed by atoms with E-state index in [1.54, 1.807) is 34.4 Å². The molecule has 0 bridgehead atoms. The molecule has 0 aliphatic carbocycles. The smallest absolute Gasteiger partial charge is 0.321 e. The summed E-state index contributed by atoms with van der Waals surface area (Å²) in [7, 11) is 0. The van der Waals surface area contributed by atoms with Crippen molar-refractivity contribution in [3.8, 4) is 11.5 Å². The fourth-order valence-corrected chi connectivity index (χ4v) is 3.85. The molecule has 0 spiro atoms. The average Bonchev–Trinajstić information content (AvgIpc) is 3.33. The third-order valence-electron chi connectivity index (χ3n) is 4.34. The number of likely N-dealkylation sites (tertiary alicyclic amines) is 1. The summed E-state index contributed by atoms with van der Waals surface area (Å²) in [6, 6.07) is 8.93. The summed E-state index contributed by atoms with van der Waals surface area (Å²) < 4.78 is 5.84. The highest BCUT2D eigenvalue weighted by Gasteiger charge is 2.28. The van der Waals surface area contributed by atoms with Crippen molar-refractivity contribution >= 4 is 34.7 Å². The van der Waals surface area contributed by atoms with Gasteiger partial charge in [0.1, 0.15) is 0 Å². The number of nitrogens with one attached hydrogen (secondary N) is 1. The van der Waals surface area contributed by atoms with E-state index < -0.39 is 0 Å². The van der Waals surface area contributed by atoms with Crippen molar-refractivity contribution in [1.29, 1.82) is 0 Å². The van der Waals surface area contributed by atoms with Crippen LogP contribution in [0.2, 0.25) is 5.02 Å². The molecule has 8 heteroatoms. The minimum Gasteiger partial charge on any atom is -0.420 e. The normalized spacial score (nSPS) is 17.3. The van der Waals surface area contributed by atoms with E-state index in [0.29, 0.717) is 35.6 Å². The second-order valence-corrected chi connectivity index (χ2v) is 7.40. The van der Waals surface area contributed by atoms with Crippen molar-refractivity contribution in [3.63, 3.8) is 0 Å². The lowest BCUT2D eigenvalue weighted by Gasteiger charge is -2.31. The number of carbonyl (C=O) groups excluding carboxylic acids is 1. The molecule has 1 N–H and O–H groups in total. The Morgan fingerprint density at radius 1 is 1.35 bits per heavy atom. The number of nitrogens with zero attached hydrogens (tertiary/aromatic N) is 3. The third kappa shape index (κ3) is 3.73. The molecular formula is C18H17ClN4O2S. The number of thiophene rings is 1. The maximum absolute atomic E-state index is 12.6. The van der Waals surface area contributed by atoms with Crippen LogP contribution < -0.4 is 5.32 Å². The Morgan fingerprint density at radius 2 is 2.27 bits per heavy atom. The van der Waals surface area contributed by atoms with E-state index in [2.05, 4.69) is 15.5 Å². The largest absolute Gasteiger partial charge is 0.420 e. The Balaban J connectivity index is 1.43. The zero-order chi connectivity index (χ0) is 17.9. The topological polar surface area (TPSA) is 71.3 Å². The van der Waals surface area contributed by atoms with Gasteiger partial charge in [0, 0.05) is 34.7 Å². The van der Waals surface area contributed by atoms with Gasteiger partial charge in [0.15, 0.2) is 0 Å². The number of rotatable bonds is 3. The van der Waals surface area contributed by atoms with Crippen LogP contribution in [-0.4, -0.2) is 34.2 Å². The van der Waals surface area contributed by atoms with Crippen LogP contribution in [0.1, 0.15) is 24.7 Å². The zero-order valence-corrected chi connectivity index (χ0v) is 15.5. The van der Waals surface area contributed by atoms with Crippen LogP contribution in [0.25, 0.3) is 11.5 Å². The van der Waals surface area contributed by atoms with E-state index in [9.17, 15) is 4.79 Å². The molecule has 3 aromatic rings. The van der Waals surface area contributed by atoms with Gasteiger partial charge in [-0.3, -0.25) is 0 Å². The van der Waals surface area contributed by atoms with E-state index in [1.807, 2.05) is 22.9 Å². The maximum Gasteiger partial charge on any atom is 0.321 e. The Kier molecular flexibility index (Phi) is 4.90. The van der Waals surface area contributed by atoms with Crippen LogP contribution in [0.15, 0.2) is 45.5 Å². The van der Waals surface area contributed by atoms with Crippen molar-refractivity contribution < 1.29 is 9.21 Å². The number of carbonyl (C=O) groups is 1. The van der Waals surface area contributed by atoms with Gasteiger partial charge >= 0.3 is 6.03 Å². The van der Waals surface area contributed by atoms with Crippen LogP contribution in [0, 0.1) is 0 Å². The minimum absolute atomic E-state index is 0.0498. The molecule has 134 valence electrons. The molecule has 1 atom stereocenters. The molecule has 0 radical (unpaired) electrons. The van der Waals surface area contributed by atoms with Gasteiger partial charge in [0.25, 0.3) is 0 Å². The van der Waals surface area contributed by atoms with E-state index in [0.717, 1.165) is 18.4 Å². The zero-order valence-electron chi connectivity index (χ0n) is 13.9. The molecule has 2 aromatic heterocycles. The third-order valence-corrected chi connectivity index (χ3v) is 5.26. The second kappa shape index (κ2) is 7.47. The van der Waals surface area contributed by atoms with E-state index in [4.69, 9.17) is 16.0 Å². The Bertz CT molecular complexity index is 896. The molecule has 3 heterocycles. The number of halogens is 1. The molecule has 26 heavy (non-hydrogen) atoms. The molecule has 2 amide bonds. The Morgan fingerprint density at radius 3 is 3.08 bits per heavy atom. The quantitative estimate of drug-likeness (QED) is 0.695. The van der Waals surface area contributed by atoms with Crippen molar-refractivity contribution in [1.82, 2.24) is 15.1 Å². The summed E-state index contributed by atoms with van der Waals surface area (Å²) in [5.41, 5.74) is 1.61. The van der Waals surface area contributed by atoms with Gasteiger partial charge < -0.3 is 14.6 Å². The lowest BCUT2D eigenvalue weighted by Crippen LogP contribution is -2.41. The molecule has 1 aliphatic heterocycles. The van der Waals surface area contributed by atoms with Gasteiger partial charge in [-0.1, -0.05) is 17.7 Å². The minimum atomic E-state index is -0.144. The van der Waals surface area contributed by atoms with Crippen molar-refractivity contribution in [3.05, 3.63) is 52.0 Å². The molecule has 4 rings (SSSR count). The fraction of sp³-hybridized carbons (Fsp3) is 0.278. The fourth-order valence-electron chi connectivity index (χ4n) is 3.03. The number of anilines is 1. The number of urea groups is 1. The highest BCUT2D eigenvalue weighted by Crippen LogP contribution is 2.29. The standard InChI is InChI=1S/C18H17ClN4O2S/c19-14-4-1-5-15(9-14)20-18(24)23-7-2-3-12(10-23)16-21-22-17(25-16)13-6-8-26-11-13/h1,4-6,8-9,11-12H,2-3,7,10H2,(H,20,24). The number of hydrogen-bond donors (Lipinski definition) is 1. The van der Waals surface area contributed by atoms with E-state index in [1.165, 1.54) is 0 Å². The van der Waals surface area contributed by atoms with Crippen LogP contribution in [0.4, 0.5) is 10.5 Å². The van der Waals surface area contributed by atoms with Crippen LogP contribution in [0.5, 0.6) is 0 Å². The summed E-state index contributed by atoms with van der Waals surface area (Å²) in [6.07, 6.45) is 1.82. The highest BCUT2D eigenvalue weighted by atomic mass is 35.5. The summed E-state index contributed by atoms with van der Waals surface area (Å²) in [4.78, 5) is 14.3. The molecule has 0 saturated carbocycles. The molecule has 1 fully saturated rings. The second-order valence-electron chi connectivity index (χ2n) is 6.18. The molecule has 1 aliphatic rings. The SMILES string of the molecule is O=C(Nc1cccc(Cl)c1)N1CCCC(c2nnc(-c3ccsc3)o2)C1. The number of piperidine rings is 1. The molecule has 1 unspecified atom stereocenters. The number of amides is 2. The predicted octanol–water partition coefficient (Wildman–Crippen LogP) is 4.86. The summed E-state index contributed by atoms with van der Waals surface area (Å²) in [5.74, 6) is 1.17. The number of hydrogen-bond acceptors (Lipinski definition) is 5. The van der Waals surface area contributed by atoms with E-state index >= 15 is 0 Å². The Hall–Kier alpha value is -2.38. The average molecular weight is 389 g/mol. The van der Waals surface area contributed by atoms with Crippen LogP contribution in [0.3, 0.4) is 0 Å². The summed E-state index contributed by atoms with van der Waals surface area (Å²) in [5, 5.41) is 15.8. The lowest BCUT2D eigenvalue weighted by molar-refractivity contribution is 0.187. The van der Waals surface area contributed by atoms with Crippen molar-refractivity contribution in [2.24, 2.45) is 0 Å². The first-order valence-corrected chi connectivity index (χ1v) is 9.68. The summed E-state index contributed by atoms with van der Waals surface area (Å²) in [6.45, 7) is 1.26. The van der Waals surface area contributed by atoms with Gasteiger partial charge in [-0.25, -0.2) is 4.79 Å². The van der Waals surface area contributed by atoms with Gasteiger partial charge in [-0.2, -0.15) is 11.3 Å². The first kappa shape index (κ1) is 17.1. The molecular weight excluding hydrogens is 372 g/mol. The maximum atomic E-state index is 12.6. The monoisotopic (exact) mass is 388 g/mol. The first-order valence-electron chi connectivity index (χ1n) is 8.36. The molecule has 1 saturated heterocycles. The number of benzene rings is 1. The van der Waals surface area contributed by atoms with Crippen molar-refractivity contribution in [2.75, 3.05) is 18.4 Å². The van der Waals surface area contributed by atoms with Gasteiger partial charge in [-0.15, -0.1) is 10.2 Å². The van der Waals surface area contributed by atoms with Crippen molar-refractivity contribution in [2.45, 2.75) is 18.8 Å². The molecule has 6 nitrogen and oxygen atoms in total. The van der Waals surface area contributed by atoms with Crippen LogP contribution in [-0.2, 0) is 0 Å². The molecule has 1 aromatic carbocycles. The summed E-state index contributed by atoms with van der Waals surface area (Å²) >= 11 is 7.56. The van der Waals surface area contributed by atoms with Gasteiger partial charge in [-0.05, 0) is 42.5 Å². The highest BCUT2D eigenvalue weighted by molar-refractivity contribution is 7.08. The van der Waals surface area contributed by atoms with Gasteiger partial charge in [0.2, 0.25) is 11.8 Å². The first-order chi connectivity index (χ1) is 12.7. The van der Waals surface area contributed by atoms with Crippen LogP contribution >= 0.6 is 22.9 Å². The number of aromatic nitrogens is 2. The lowest BCUT2D eigenvalue weighted by atomic mass is 9.98. The predicted molar refractivity (Wildman–Crippen MR) is 102 cm³/mol. The Labute approximate surface area is 159 Å². The van der Waals surface area contributed by atoms with E-state index in [-0.39, 0.29) is 11.9 Å².